The van der Waals surface area contributed by atoms with Crippen LogP contribution in [0.15, 0.2) is 6.07 Å². The van der Waals surface area contributed by atoms with Crippen molar-refractivity contribution in [3.8, 4) is 0 Å². The summed E-state index contributed by atoms with van der Waals surface area (Å²) in [6, 6.07) is 1.78. The number of ether oxygens (including phenoxy) is 1. The molecule has 2 N–H and O–H groups in total. The average Bonchev–Trinajstić information content (AvgIpc) is 2.51. The molecule has 2 nitrogen and oxygen atoms in total. The maximum atomic E-state index is 6.16. The Hall–Kier alpha value is 0.200. The second-order valence-corrected chi connectivity index (χ2v) is 6.62. The van der Waals surface area contributed by atoms with E-state index in [4.69, 9.17) is 33.7 Å². The molecule has 90 valence electrons. The van der Waals surface area contributed by atoms with Gasteiger partial charge in [-0.15, -0.1) is 11.3 Å². The molecule has 0 saturated heterocycles. The Morgan fingerprint density at radius 1 is 1.56 bits per heavy atom. The van der Waals surface area contributed by atoms with Crippen LogP contribution in [0, 0.1) is 0 Å². The molecule has 0 spiro atoms. The number of hydrogen-bond acceptors (Lipinski definition) is 3. The Kier molecular flexibility index (Phi) is 3.82. The third-order valence-corrected chi connectivity index (χ3v) is 4.89. The lowest BCUT2D eigenvalue weighted by Gasteiger charge is -2.42. The standard InChI is InChI=1S/C11H15Cl2NOS/c1-15-11(3-2-4-11)6-8(14)7-5-9(12)16-10(7)13/h5,8H,2-4,6,14H2,1H3. The highest BCUT2D eigenvalue weighted by molar-refractivity contribution is 7.20. The van der Waals surface area contributed by atoms with E-state index in [1.54, 1.807) is 7.11 Å². The first-order valence-corrected chi connectivity index (χ1v) is 6.89. The molecule has 1 saturated carbocycles. The maximum absolute atomic E-state index is 6.16. The van der Waals surface area contributed by atoms with Gasteiger partial charge in [-0.2, -0.15) is 0 Å². The van der Waals surface area contributed by atoms with E-state index < -0.39 is 0 Å². The molecule has 1 fully saturated rings. The van der Waals surface area contributed by atoms with Crippen molar-refractivity contribution in [3.63, 3.8) is 0 Å². The molecule has 0 radical (unpaired) electrons. The van der Waals surface area contributed by atoms with Crippen molar-refractivity contribution in [1.82, 2.24) is 0 Å². The topological polar surface area (TPSA) is 35.2 Å². The second-order valence-electron chi connectivity index (χ2n) is 4.33. The van der Waals surface area contributed by atoms with E-state index in [0.29, 0.717) is 8.67 Å². The van der Waals surface area contributed by atoms with Gasteiger partial charge in [0, 0.05) is 13.2 Å². The number of hydrogen-bond donors (Lipinski definition) is 1. The number of halogens is 2. The first-order valence-electron chi connectivity index (χ1n) is 5.32. The van der Waals surface area contributed by atoms with Crippen molar-refractivity contribution in [2.45, 2.75) is 37.3 Å². The van der Waals surface area contributed by atoms with Gasteiger partial charge < -0.3 is 10.5 Å². The molecule has 0 amide bonds. The summed E-state index contributed by atoms with van der Waals surface area (Å²) in [6.45, 7) is 0. The van der Waals surface area contributed by atoms with Crippen LogP contribution in [0.5, 0.6) is 0 Å². The predicted molar refractivity (Wildman–Crippen MR) is 69.5 cm³/mol. The largest absolute Gasteiger partial charge is 0.378 e. The second kappa shape index (κ2) is 4.83. The molecule has 16 heavy (non-hydrogen) atoms. The summed E-state index contributed by atoms with van der Waals surface area (Å²) < 4.78 is 6.95. The van der Waals surface area contributed by atoms with E-state index in [2.05, 4.69) is 0 Å². The Morgan fingerprint density at radius 2 is 2.25 bits per heavy atom. The van der Waals surface area contributed by atoms with Crippen molar-refractivity contribution in [1.29, 1.82) is 0 Å². The molecule has 1 aliphatic rings. The van der Waals surface area contributed by atoms with Gasteiger partial charge in [0.1, 0.15) is 0 Å². The molecule has 1 heterocycles. The van der Waals surface area contributed by atoms with Gasteiger partial charge >= 0.3 is 0 Å². The van der Waals surface area contributed by atoms with E-state index >= 15 is 0 Å². The molecular formula is C11H15Cl2NOS. The van der Waals surface area contributed by atoms with Gasteiger partial charge in [-0.25, -0.2) is 0 Å². The number of methoxy groups -OCH3 is 1. The quantitative estimate of drug-likeness (QED) is 0.904. The fourth-order valence-corrected chi connectivity index (χ4v) is 3.78. The van der Waals surface area contributed by atoms with Crippen LogP contribution in [-0.4, -0.2) is 12.7 Å². The lowest BCUT2D eigenvalue weighted by molar-refractivity contribution is -0.0816. The van der Waals surface area contributed by atoms with Gasteiger partial charge in [0.05, 0.1) is 14.3 Å². The minimum Gasteiger partial charge on any atom is -0.378 e. The molecule has 0 aliphatic heterocycles. The SMILES string of the molecule is COC1(CC(N)c2cc(Cl)sc2Cl)CCC1. The molecular weight excluding hydrogens is 265 g/mol. The molecule has 1 atom stereocenters. The predicted octanol–water partition coefficient (Wildman–Crippen LogP) is 4.01. The minimum atomic E-state index is -0.0866. The maximum Gasteiger partial charge on any atom is 0.0991 e. The summed E-state index contributed by atoms with van der Waals surface area (Å²) in [5, 5.41) is 0. The Morgan fingerprint density at radius 3 is 2.62 bits per heavy atom. The van der Waals surface area contributed by atoms with Crippen molar-refractivity contribution in [3.05, 3.63) is 20.3 Å². The molecule has 1 aromatic rings. The molecule has 1 unspecified atom stereocenters. The summed E-state index contributed by atoms with van der Waals surface area (Å²) >= 11 is 13.4. The van der Waals surface area contributed by atoms with Gasteiger partial charge in [0.2, 0.25) is 0 Å². The van der Waals surface area contributed by atoms with E-state index in [9.17, 15) is 0 Å². The number of thiophene rings is 1. The van der Waals surface area contributed by atoms with Gasteiger partial charge in [-0.3, -0.25) is 0 Å². The summed E-state index contributed by atoms with van der Waals surface area (Å²) in [4.78, 5) is 0. The third-order valence-electron chi connectivity index (χ3n) is 3.37. The van der Waals surface area contributed by atoms with Crippen molar-refractivity contribution in [2.24, 2.45) is 5.73 Å². The van der Waals surface area contributed by atoms with Crippen LogP contribution < -0.4 is 5.73 Å². The average molecular weight is 280 g/mol. The molecule has 0 aromatic carbocycles. The zero-order valence-corrected chi connectivity index (χ0v) is 11.5. The molecule has 0 bridgehead atoms. The van der Waals surface area contributed by atoms with E-state index in [1.807, 2.05) is 6.07 Å². The van der Waals surface area contributed by atoms with Crippen LogP contribution in [0.2, 0.25) is 8.67 Å². The Balaban J connectivity index is 2.07. The van der Waals surface area contributed by atoms with Crippen molar-refractivity contribution < 1.29 is 4.74 Å². The summed E-state index contributed by atoms with van der Waals surface area (Å²) in [5.41, 5.74) is 7.08. The lowest BCUT2D eigenvalue weighted by Crippen LogP contribution is -2.41. The van der Waals surface area contributed by atoms with Gasteiger partial charge in [-0.1, -0.05) is 23.2 Å². The molecule has 1 aliphatic carbocycles. The molecule has 5 heteroatoms. The summed E-state index contributed by atoms with van der Waals surface area (Å²) in [6.07, 6.45) is 4.22. The highest BCUT2D eigenvalue weighted by Gasteiger charge is 2.39. The van der Waals surface area contributed by atoms with Crippen LogP contribution in [0.1, 0.15) is 37.3 Å². The molecule has 2 rings (SSSR count). The zero-order valence-electron chi connectivity index (χ0n) is 9.13. The fraction of sp³-hybridized carbons (Fsp3) is 0.636. The van der Waals surface area contributed by atoms with Gasteiger partial charge in [0.25, 0.3) is 0 Å². The molecule has 1 aromatic heterocycles. The fourth-order valence-electron chi connectivity index (χ4n) is 2.18. The highest BCUT2D eigenvalue weighted by Crippen LogP contribution is 2.43. The number of rotatable bonds is 4. The van der Waals surface area contributed by atoms with Crippen LogP contribution in [0.4, 0.5) is 0 Å². The van der Waals surface area contributed by atoms with Crippen molar-refractivity contribution in [2.75, 3.05) is 7.11 Å². The lowest BCUT2D eigenvalue weighted by atomic mass is 9.75. The highest BCUT2D eigenvalue weighted by atomic mass is 35.5. The Bertz CT molecular complexity index is 371. The zero-order chi connectivity index (χ0) is 11.8. The first kappa shape index (κ1) is 12.7. The van der Waals surface area contributed by atoms with Gasteiger partial charge in [-0.05, 0) is 37.3 Å². The van der Waals surface area contributed by atoms with Crippen LogP contribution >= 0.6 is 34.5 Å². The van der Waals surface area contributed by atoms with E-state index in [-0.39, 0.29) is 11.6 Å². The van der Waals surface area contributed by atoms with Crippen LogP contribution in [-0.2, 0) is 4.74 Å². The smallest absolute Gasteiger partial charge is 0.0991 e. The minimum absolute atomic E-state index is 0.0306. The monoisotopic (exact) mass is 279 g/mol. The Labute approximate surface area is 110 Å². The third kappa shape index (κ3) is 2.39. The summed E-state index contributed by atoms with van der Waals surface area (Å²) in [7, 11) is 1.76. The van der Waals surface area contributed by atoms with Crippen molar-refractivity contribution >= 4 is 34.5 Å². The first-order chi connectivity index (χ1) is 7.56. The van der Waals surface area contributed by atoms with E-state index in [0.717, 1.165) is 24.8 Å². The van der Waals surface area contributed by atoms with Crippen LogP contribution in [0.25, 0.3) is 0 Å². The van der Waals surface area contributed by atoms with E-state index in [1.165, 1.54) is 17.8 Å². The summed E-state index contributed by atoms with van der Waals surface area (Å²) in [5.74, 6) is 0. The van der Waals surface area contributed by atoms with Gasteiger partial charge in [0.15, 0.2) is 0 Å². The normalized spacial score (nSPS) is 20.5. The van der Waals surface area contributed by atoms with Crippen LogP contribution in [0.3, 0.4) is 0 Å². The number of nitrogens with two attached hydrogens (primary N) is 1.